The van der Waals surface area contributed by atoms with Gasteiger partial charge in [-0.05, 0) is 12.0 Å². The lowest BCUT2D eigenvalue weighted by atomic mass is 9.97. The van der Waals surface area contributed by atoms with Gasteiger partial charge in [-0.1, -0.05) is 43.7 Å². The predicted octanol–water partition coefficient (Wildman–Crippen LogP) is 1.72. The molecule has 0 bridgehead atoms. The van der Waals surface area contributed by atoms with Crippen LogP contribution in [0.4, 0.5) is 0 Å². The largest absolute Gasteiger partial charge is 0.392 e. The number of carbonyl (C=O) groups excluding carboxylic acids is 2. The molecule has 19 heavy (non-hydrogen) atoms. The molecule has 1 N–H and O–H groups in total. The summed E-state index contributed by atoms with van der Waals surface area (Å²) in [5.41, 5.74) is 0.926. The lowest BCUT2D eigenvalue weighted by molar-refractivity contribution is -0.141. The number of rotatable bonds is 5. The molecular weight excluding hydrogens is 242 g/mol. The molecule has 1 saturated heterocycles. The molecule has 0 spiro atoms. The van der Waals surface area contributed by atoms with Crippen molar-refractivity contribution in [2.75, 3.05) is 0 Å². The van der Waals surface area contributed by atoms with E-state index >= 15 is 0 Å². The molecule has 1 fully saturated rings. The van der Waals surface area contributed by atoms with Gasteiger partial charge in [0, 0.05) is 6.42 Å². The molecule has 2 atom stereocenters. The van der Waals surface area contributed by atoms with Gasteiger partial charge in [-0.2, -0.15) is 0 Å². The molecule has 1 aromatic carbocycles. The number of carbonyl (C=O) groups is 2. The van der Waals surface area contributed by atoms with Gasteiger partial charge >= 0.3 is 0 Å². The van der Waals surface area contributed by atoms with E-state index in [9.17, 15) is 14.7 Å². The van der Waals surface area contributed by atoms with Crippen molar-refractivity contribution in [2.24, 2.45) is 5.92 Å². The smallest absolute Gasteiger partial charge is 0.235 e. The topological polar surface area (TPSA) is 57.6 Å². The summed E-state index contributed by atoms with van der Waals surface area (Å²) in [6.07, 6.45) is 0.787. The molecule has 4 nitrogen and oxygen atoms in total. The SMILES string of the molecule is CCC[C@H](O)[C@H]1CC(=O)N(Cc2ccccc2)C1=O. The first-order valence-corrected chi connectivity index (χ1v) is 6.69. The van der Waals surface area contributed by atoms with Crippen LogP contribution in [-0.2, 0) is 16.1 Å². The third kappa shape index (κ3) is 3.01. The van der Waals surface area contributed by atoms with Gasteiger partial charge < -0.3 is 5.11 Å². The van der Waals surface area contributed by atoms with Crippen molar-refractivity contribution in [1.82, 2.24) is 4.90 Å². The van der Waals surface area contributed by atoms with E-state index in [1.54, 1.807) is 0 Å². The molecule has 0 aromatic heterocycles. The minimum Gasteiger partial charge on any atom is -0.392 e. The van der Waals surface area contributed by atoms with Gasteiger partial charge in [0.15, 0.2) is 0 Å². The third-order valence-corrected chi connectivity index (χ3v) is 3.51. The van der Waals surface area contributed by atoms with Crippen LogP contribution in [0.15, 0.2) is 30.3 Å². The van der Waals surface area contributed by atoms with Gasteiger partial charge in [-0.25, -0.2) is 0 Å². The van der Waals surface area contributed by atoms with Crippen LogP contribution < -0.4 is 0 Å². The minimum absolute atomic E-state index is 0.132. The quantitative estimate of drug-likeness (QED) is 0.821. The highest BCUT2D eigenvalue weighted by Gasteiger charge is 2.41. The summed E-state index contributed by atoms with van der Waals surface area (Å²) < 4.78 is 0. The molecule has 1 heterocycles. The molecule has 1 aliphatic heterocycles. The molecule has 0 unspecified atom stereocenters. The summed E-state index contributed by atoms with van der Waals surface area (Å²) in [6, 6.07) is 9.42. The number of imide groups is 1. The first kappa shape index (κ1) is 13.7. The van der Waals surface area contributed by atoms with Gasteiger partial charge in [0.25, 0.3) is 0 Å². The Morgan fingerprint density at radius 1 is 1.32 bits per heavy atom. The summed E-state index contributed by atoms with van der Waals surface area (Å²) in [6.45, 7) is 2.25. The lowest BCUT2D eigenvalue weighted by Gasteiger charge is -2.17. The highest BCUT2D eigenvalue weighted by atomic mass is 16.3. The third-order valence-electron chi connectivity index (χ3n) is 3.51. The summed E-state index contributed by atoms with van der Waals surface area (Å²) in [7, 11) is 0. The van der Waals surface area contributed by atoms with Crippen molar-refractivity contribution in [3.63, 3.8) is 0 Å². The Bertz CT molecular complexity index is 458. The first-order chi connectivity index (χ1) is 9.13. The fourth-order valence-electron chi connectivity index (χ4n) is 2.44. The lowest BCUT2D eigenvalue weighted by Crippen LogP contribution is -2.33. The maximum absolute atomic E-state index is 12.2. The highest BCUT2D eigenvalue weighted by Crippen LogP contribution is 2.26. The molecule has 0 saturated carbocycles. The minimum atomic E-state index is -0.706. The fourth-order valence-corrected chi connectivity index (χ4v) is 2.44. The van der Waals surface area contributed by atoms with Crippen molar-refractivity contribution in [3.05, 3.63) is 35.9 Å². The van der Waals surface area contributed by atoms with Crippen LogP contribution in [0.25, 0.3) is 0 Å². The van der Waals surface area contributed by atoms with E-state index in [4.69, 9.17) is 0 Å². The molecule has 0 aliphatic carbocycles. The second-order valence-corrected chi connectivity index (χ2v) is 4.97. The summed E-state index contributed by atoms with van der Waals surface area (Å²) >= 11 is 0. The molecule has 2 rings (SSSR count). The standard InChI is InChI=1S/C15H19NO3/c1-2-6-13(17)12-9-14(18)16(15(12)19)10-11-7-4-3-5-8-11/h3-5,7-8,12-13,17H,2,6,9-10H2,1H3/t12-,13+/m1/s1. The first-order valence-electron chi connectivity index (χ1n) is 6.69. The van der Waals surface area contributed by atoms with Crippen molar-refractivity contribution >= 4 is 11.8 Å². The van der Waals surface area contributed by atoms with E-state index in [1.807, 2.05) is 37.3 Å². The van der Waals surface area contributed by atoms with Crippen LogP contribution in [0, 0.1) is 5.92 Å². The van der Waals surface area contributed by atoms with Crippen molar-refractivity contribution in [3.8, 4) is 0 Å². The molecule has 2 amide bonds. The molecule has 1 aromatic rings. The van der Waals surface area contributed by atoms with Crippen LogP contribution in [0.5, 0.6) is 0 Å². The predicted molar refractivity (Wildman–Crippen MR) is 71.0 cm³/mol. The Kier molecular flexibility index (Phi) is 4.32. The second kappa shape index (κ2) is 5.97. The Hall–Kier alpha value is -1.68. The van der Waals surface area contributed by atoms with E-state index in [0.29, 0.717) is 13.0 Å². The average molecular weight is 261 g/mol. The van der Waals surface area contributed by atoms with Crippen LogP contribution in [0.2, 0.25) is 0 Å². The van der Waals surface area contributed by atoms with Gasteiger partial charge in [-0.15, -0.1) is 0 Å². The van der Waals surface area contributed by atoms with Crippen molar-refractivity contribution in [2.45, 2.75) is 38.8 Å². The molecular formula is C15H19NO3. The Morgan fingerprint density at radius 2 is 2.00 bits per heavy atom. The maximum Gasteiger partial charge on any atom is 0.235 e. The highest BCUT2D eigenvalue weighted by molar-refractivity contribution is 6.03. The second-order valence-electron chi connectivity index (χ2n) is 4.97. The maximum atomic E-state index is 12.2. The van der Waals surface area contributed by atoms with E-state index in [2.05, 4.69) is 0 Å². The van der Waals surface area contributed by atoms with Crippen LogP contribution in [0.3, 0.4) is 0 Å². The molecule has 0 radical (unpaired) electrons. The number of hydrogen-bond donors (Lipinski definition) is 1. The van der Waals surface area contributed by atoms with Crippen molar-refractivity contribution in [1.29, 1.82) is 0 Å². The van der Waals surface area contributed by atoms with Crippen molar-refractivity contribution < 1.29 is 14.7 Å². The number of benzene rings is 1. The molecule has 1 aliphatic rings. The summed E-state index contributed by atoms with van der Waals surface area (Å²) in [5.74, 6) is -0.986. The van der Waals surface area contributed by atoms with Gasteiger partial charge in [0.05, 0.1) is 18.6 Å². The van der Waals surface area contributed by atoms with Crippen LogP contribution >= 0.6 is 0 Å². The summed E-state index contributed by atoms with van der Waals surface area (Å²) in [5, 5.41) is 9.92. The number of aliphatic hydroxyl groups is 1. The number of aliphatic hydroxyl groups excluding tert-OH is 1. The number of amides is 2. The number of likely N-dealkylation sites (tertiary alicyclic amines) is 1. The van der Waals surface area contributed by atoms with E-state index in [0.717, 1.165) is 12.0 Å². The number of hydrogen-bond acceptors (Lipinski definition) is 3. The monoisotopic (exact) mass is 261 g/mol. The fraction of sp³-hybridized carbons (Fsp3) is 0.467. The van der Waals surface area contributed by atoms with Gasteiger partial charge in [0.2, 0.25) is 11.8 Å². The number of nitrogens with zero attached hydrogens (tertiary/aromatic N) is 1. The van der Waals surface area contributed by atoms with E-state index in [1.165, 1.54) is 4.90 Å². The molecule has 4 heteroatoms. The Labute approximate surface area is 113 Å². The zero-order chi connectivity index (χ0) is 13.8. The molecule has 102 valence electrons. The average Bonchev–Trinajstić information content (AvgIpc) is 2.68. The zero-order valence-corrected chi connectivity index (χ0v) is 11.1. The Balaban J connectivity index is 2.06. The van der Waals surface area contributed by atoms with Gasteiger partial charge in [0.1, 0.15) is 0 Å². The van der Waals surface area contributed by atoms with Gasteiger partial charge in [-0.3, -0.25) is 14.5 Å². The Morgan fingerprint density at radius 3 is 2.63 bits per heavy atom. The summed E-state index contributed by atoms with van der Waals surface area (Å²) in [4.78, 5) is 25.3. The van der Waals surface area contributed by atoms with Crippen LogP contribution in [-0.4, -0.2) is 27.9 Å². The normalized spacial score (nSPS) is 20.9. The van der Waals surface area contributed by atoms with E-state index in [-0.39, 0.29) is 18.2 Å². The van der Waals surface area contributed by atoms with Crippen LogP contribution in [0.1, 0.15) is 31.7 Å². The van der Waals surface area contributed by atoms with E-state index < -0.39 is 12.0 Å². The zero-order valence-electron chi connectivity index (χ0n) is 11.1.